The zero-order chi connectivity index (χ0) is 16.2. The molecule has 2 aromatic carbocycles. The second-order valence-corrected chi connectivity index (χ2v) is 5.64. The Morgan fingerprint density at radius 2 is 1.96 bits per heavy atom. The van der Waals surface area contributed by atoms with Crippen LogP contribution >= 0.6 is 0 Å². The van der Waals surface area contributed by atoms with Crippen LogP contribution in [-0.2, 0) is 16.0 Å². The van der Waals surface area contributed by atoms with Crippen molar-refractivity contribution >= 4 is 16.9 Å². The van der Waals surface area contributed by atoms with E-state index < -0.39 is 0 Å². The summed E-state index contributed by atoms with van der Waals surface area (Å²) in [6.07, 6.45) is 2.85. The van der Waals surface area contributed by atoms with Crippen LogP contribution in [0, 0.1) is 6.92 Å². The molecule has 0 saturated heterocycles. The summed E-state index contributed by atoms with van der Waals surface area (Å²) < 4.78 is 4.69. The first-order chi connectivity index (χ1) is 11.2. The molecule has 0 unspecified atom stereocenters. The lowest BCUT2D eigenvalue weighted by Gasteiger charge is -2.08. The van der Waals surface area contributed by atoms with E-state index in [4.69, 9.17) is 4.74 Å². The van der Waals surface area contributed by atoms with Crippen LogP contribution in [0.5, 0.6) is 0 Å². The molecule has 0 saturated carbocycles. The van der Waals surface area contributed by atoms with E-state index in [0.29, 0.717) is 12.8 Å². The molecule has 0 amide bonds. The largest absolute Gasteiger partial charge is 0.469 e. The Labute approximate surface area is 135 Å². The highest BCUT2D eigenvalue weighted by molar-refractivity contribution is 5.85. The molecule has 3 heteroatoms. The number of rotatable bonds is 4. The van der Waals surface area contributed by atoms with Crippen molar-refractivity contribution in [2.75, 3.05) is 7.11 Å². The fourth-order valence-corrected chi connectivity index (χ4v) is 2.73. The van der Waals surface area contributed by atoms with Gasteiger partial charge >= 0.3 is 5.97 Å². The molecule has 3 nitrogen and oxygen atoms in total. The number of benzene rings is 2. The number of pyridine rings is 1. The Morgan fingerprint density at radius 3 is 2.74 bits per heavy atom. The van der Waals surface area contributed by atoms with Crippen LogP contribution in [0.4, 0.5) is 0 Å². The molecule has 1 heterocycles. The molecule has 0 aliphatic carbocycles. The average Bonchev–Trinajstić information content (AvgIpc) is 2.59. The minimum atomic E-state index is -0.196. The van der Waals surface area contributed by atoms with Gasteiger partial charge in [0.2, 0.25) is 0 Å². The van der Waals surface area contributed by atoms with Crippen molar-refractivity contribution in [3.05, 3.63) is 65.9 Å². The molecule has 3 rings (SSSR count). The van der Waals surface area contributed by atoms with E-state index >= 15 is 0 Å². The summed E-state index contributed by atoms with van der Waals surface area (Å²) in [5, 5.41) is 1.09. The van der Waals surface area contributed by atoms with Gasteiger partial charge < -0.3 is 4.74 Å². The first kappa shape index (κ1) is 15.2. The summed E-state index contributed by atoms with van der Waals surface area (Å²) in [6.45, 7) is 2.12. The average molecular weight is 305 g/mol. The third-order valence-corrected chi connectivity index (χ3v) is 4.04. The van der Waals surface area contributed by atoms with Gasteiger partial charge in [-0.25, -0.2) is 0 Å². The highest BCUT2D eigenvalue weighted by Crippen LogP contribution is 2.26. The number of aryl methyl sites for hydroxylation is 2. The molecule has 0 aliphatic heterocycles. The van der Waals surface area contributed by atoms with Crippen molar-refractivity contribution in [1.29, 1.82) is 0 Å². The molecule has 0 fully saturated rings. The van der Waals surface area contributed by atoms with Gasteiger partial charge in [0, 0.05) is 18.0 Å². The van der Waals surface area contributed by atoms with E-state index in [2.05, 4.69) is 48.3 Å². The minimum absolute atomic E-state index is 0.196. The van der Waals surface area contributed by atoms with Crippen molar-refractivity contribution in [2.45, 2.75) is 19.8 Å². The van der Waals surface area contributed by atoms with Crippen LogP contribution in [0.1, 0.15) is 17.5 Å². The van der Waals surface area contributed by atoms with E-state index in [9.17, 15) is 4.79 Å². The predicted octanol–water partition coefficient (Wildman–Crippen LogP) is 4.32. The zero-order valence-electron chi connectivity index (χ0n) is 13.4. The Kier molecular flexibility index (Phi) is 4.38. The second kappa shape index (κ2) is 6.61. The highest BCUT2D eigenvalue weighted by atomic mass is 16.5. The number of nitrogens with zero attached hydrogens (tertiary/aromatic N) is 1. The maximum absolute atomic E-state index is 11.3. The SMILES string of the molecule is COC(=O)CCc1cnc2ccc(-c3ccccc3C)cc2c1. The monoisotopic (exact) mass is 305 g/mol. The lowest BCUT2D eigenvalue weighted by Crippen LogP contribution is -2.02. The third-order valence-electron chi connectivity index (χ3n) is 4.04. The quantitative estimate of drug-likeness (QED) is 0.674. The van der Waals surface area contributed by atoms with Gasteiger partial charge in [-0.2, -0.15) is 0 Å². The van der Waals surface area contributed by atoms with Crippen molar-refractivity contribution in [2.24, 2.45) is 0 Å². The molecule has 116 valence electrons. The van der Waals surface area contributed by atoms with E-state index in [-0.39, 0.29) is 5.97 Å². The maximum Gasteiger partial charge on any atom is 0.305 e. The molecular weight excluding hydrogens is 286 g/mol. The summed E-state index contributed by atoms with van der Waals surface area (Å²) >= 11 is 0. The van der Waals surface area contributed by atoms with Crippen LogP contribution in [-0.4, -0.2) is 18.1 Å². The van der Waals surface area contributed by atoms with Gasteiger partial charge in [-0.3, -0.25) is 9.78 Å². The Hall–Kier alpha value is -2.68. The fourth-order valence-electron chi connectivity index (χ4n) is 2.73. The summed E-state index contributed by atoms with van der Waals surface area (Å²) in [5.41, 5.74) is 5.67. The van der Waals surface area contributed by atoms with Crippen LogP contribution in [0.2, 0.25) is 0 Å². The third kappa shape index (κ3) is 3.39. The number of carbonyl (C=O) groups excluding carboxylic acids is 1. The van der Waals surface area contributed by atoms with Gasteiger partial charge in [0.15, 0.2) is 0 Å². The van der Waals surface area contributed by atoms with Crippen LogP contribution < -0.4 is 0 Å². The number of methoxy groups -OCH3 is 1. The van der Waals surface area contributed by atoms with Gasteiger partial charge in [-0.05, 0) is 53.8 Å². The minimum Gasteiger partial charge on any atom is -0.469 e. The molecular formula is C20H19NO2. The van der Waals surface area contributed by atoms with Crippen LogP contribution in [0.15, 0.2) is 54.7 Å². The predicted molar refractivity (Wildman–Crippen MR) is 92.3 cm³/mol. The van der Waals surface area contributed by atoms with Gasteiger partial charge in [-0.15, -0.1) is 0 Å². The maximum atomic E-state index is 11.3. The normalized spacial score (nSPS) is 10.7. The van der Waals surface area contributed by atoms with E-state index in [1.54, 1.807) is 0 Å². The topological polar surface area (TPSA) is 39.2 Å². The second-order valence-electron chi connectivity index (χ2n) is 5.64. The fraction of sp³-hybridized carbons (Fsp3) is 0.200. The van der Waals surface area contributed by atoms with Crippen LogP contribution in [0.3, 0.4) is 0 Å². The molecule has 0 atom stereocenters. The summed E-state index contributed by atoms with van der Waals surface area (Å²) in [5.74, 6) is -0.196. The van der Waals surface area contributed by atoms with Gasteiger partial charge in [0.05, 0.1) is 12.6 Å². The first-order valence-corrected chi connectivity index (χ1v) is 7.69. The van der Waals surface area contributed by atoms with E-state index in [1.165, 1.54) is 23.8 Å². The Bertz CT molecular complexity index is 855. The van der Waals surface area contributed by atoms with Crippen molar-refractivity contribution in [3.8, 4) is 11.1 Å². The molecule has 0 bridgehead atoms. The first-order valence-electron chi connectivity index (χ1n) is 7.69. The van der Waals surface area contributed by atoms with E-state index in [1.807, 2.05) is 18.3 Å². The number of hydrogen-bond acceptors (Lipinski definition) is 3. The highest BCUT2D eigenvalue weighted by Gasteiger charge is 2.06. The number of carbonyl (C=O) groups is 1. The van der Waals surface area contributed by atoms with Gasteiger partial charge in [0.25, 0.3) is 0 Å². The number of fused-ring (bicyclic) bond motifs is 1. The molecule has 1 aromatic heterocycles. The smallest absolute Gasteiger partial charge is 0.305 e. The summed E-state index contributed by atoms with van der Waals surface area (Å²) in [4.78, 5) is 15.8. The standard InChI is InChI=1S/C20H19NO2/c1-14-5-3-4-6-18(14)16-8-9-19-17(12-16)11-15(13-21-19)7-10-20(22)23-2/h3-6,8-9,11-13H,7,10H2,1-2H3. The Balaban J connectivity index is 1.95. The van der Waals surface area contributed by atoms with Crippen molar-refractivity contribution in [3.63, 3.8) is 0 Å². The van der Waals surface area contributed by atoms with E-state index in [0.717, 1.165) is 16.5 Å². The molecule has 23 heavy (non-hydrogen) atoms. The molecule has 0 radical (unpaired) electrons. The van der Waals surface area contributed by atoms with Crippen molar-refractivity contribution in [1.82, 2.24) is 4.98 Å². The Morgan fingerprint density at radius 1 is 1.13 bits per heavy atom. The van der Waals surface area contributed by atoms with Crippen LogP contribution in [0.25, 0.3) is 22.0 Å². The number of ether oxygens (including phenoxy) is 1. The lowest BCUT2D eigenvalue weighted by atomic mass is 9.98. The zero-order valence-corrected chi connectivity index (χ0v) is 13.4. The molecule has 3 aromatic rings. The van der Waals surface area contributed by atoms with Gasteiger partial charge in [-0.1, -0.05) is 30.3 Å². The molecule has 0 spiro atoms. The lowest BCUT2D eigenvalue weighted by molar-refractivity contribution is -0.140. The summed E-state index contributed by atoms with van der Waals surface area (Å²) in [7, 11) is 1.41. The number of aromatic nitrogens is 1. The number of esters is 1. The molecule has 0 N–H and O–H groups in total. The van der Waals surface area contributed by atoms with Gasteiger partial charge in [0.1, 0.15) is 0 Å². The van der Waals surface area contributed by atoms with Crippen molar-refractivity contribution < 1.29 is 9.53 Å². The summed E-state index contributed by atoms with van der Waals surface area (Å²) in [6, 6.07) is 16.8. The number of hydrogen-bond donors (Lipinski definition) is 0. The molecule has 0 aliphatic rings.